The van der Waals surface area contributed by atoms with Gasteiger partial charge in [-0.1, -0.05) is 48.1 Å². The molecule has 0 radical (unpaired) electrons. The summed E-state index contributed by atoms with van der Waals surface area (Å²) < 4.78 is 0. The first-order valence-electron chi connectivity index (χ1n) is 10.6. The van der Waals surface area contributed by atoms with Crippen LogP contribution in [-0.2, 0) is 4.79 Å². The van der Waals surface area contributed by atoms with Gasteiger partial charge in [-0.3, -0.25) is 4.79 Å². The second kappa shape index (κ2) is 7.88. The Bertz CT molecular complexity index is 751. The number of benzene rings is 1. The number of carbonyl (C=O) groups is 1. The molecule has 0 aliphatic heterocycles. The molecule has 142 valence electrons. The highest BCUT2D eigenvalue weighted by Crippen LogP contribution is 2.56. The zero-order valence-corrected chi connectivity index (χ0v) is 16.6. The minimum absolute atomic E-state index is 0.0303. The van der Waals surface area contributed by atoms with Gasteiger partial charge in [0.1, 0.15) is 0 Å². The predicted octanol–water partition coefficient (Wildman–Crippen LogP) is 5.62. The molecule has 4 aliphatic carbocycles. The molecule has 4 bridgehead atoms. The number of nitrogens with one attached hydrogen (secondary N) is 1. The SMILES string of the molecule is CCNC(=O)C=C(C)C=Cc1ccc(C=C2C3CC4CC(C3)CC2C4)cc1. The highest BCUT2D eigenvalue weighted by Gasteiger charge is 2.44. The van der Waals surface area contributed by atoms with Gasteiger partial charge in [-0.2, -0.15) is 0 Å². The molecular weight excluding hydrogens is 330 g/mol. The Labute approximate surface area is 163 Å². The minimum Gasteiger partial charge on any atom is -0.353 e. The third-order valence-corrected chi connectivity index (χ3v) is 6.60. The van der Waals surface area contributed by atoms with E-state index < -0.39 is 0 Å². The second-order valence-corrected chi connectivity index (χ2v) is 8.73. The normalized spacial score (nSPS) is 29.4. The Morgan fingerprint density at radius 3 is 2.19 bits per heavy atom. The summed E-state index contributed by atoms with van der Waals surface area (Å²) in [5, 5.41) is 2.79. The van der Waals surface area contributed by atoms with E-state index in [9.17, 15) is 4.79 Å². The number of carbonyl (C=O) groups excluding carboxylic acids is 1. The fraction of sp³-hybridized carbons (Fsp3) is 0.480. The fourth-order valence-electron chi connectivity index (χ4n) is 5.57. The van der Waals surface area contributed by atoms with Crippen molar-refractivity contribution in [2.75, 3.05) is 6.54 Å². The number of likely N-dealkylation sites (N-methyl/N-ethyl adjacent to an activating group) is 1. The second-order valence-electron chi connectivity index (χ2n) is 8.73. The van der Waals surface area contributed by atoms with Gasteiger partial charge in [0.05, 0.1) is 0 Å². The molecule has 2 heteroatoms. The van der Waals surface area contributed by atoms with Crippen molar-refractivity contribution < 1.29 is 4.79 Å². The molecular formula is C25H31NO. The van der Waals surface area contributed by atoms with Crippen LogP contribution in [0.2, 0.25) is 0 Å². The van der Waals surface area contributed by atoms with Crippen molar-refractivity contribution in [3.05, 3.63) is 58.7 Å². The molecule has 0 spiro atoms. The van der Waals surface area contributed by atoms with E-state index >= 15 is 0 Å². The quantitative estimate of drug-likeness (QED) is 0.535. The van der Waals surface area contributed by atoms with Crippen LogP contribution in [0.4, 0.5) is 0 Å². The van der Waals surface area contributed by atoms with E-state index in [1.165, 1.54) is 43.2 Å². The molecule has 4 saturated carbocycles. The molecule has 4 aliphatic rings. The largest absolute Gasteiger partial charge is 0.353 e. The van der Waals surface area contributed by atoms with Crippen molar-refractivity contribution in [3.63, 3.8) is 0 Å². The molecule has 0 unspecified atom stereocenters. The molecule has 1 N–H and O–H groups in total. The summed E-state index contributed by atoms with van der Waals surface area (Å²) in [5.74, 6) is 3.74. The van der Waals surface area contributed by atoms with Crippen molar-refractivity contribution in [2.24, 2.45) is 23.7 Å². The van der Waals surface area contributed by atoms with Crippen LogP contribution in [0.1, 0.15) is 57.1 Å². The van der Waals surface area contributed by atoms with Gasteiger partial charge in [-0.05, 0) is 86.3 Å². The number of hydrogen-bond donors (Lipinski definition) is 1. The summed E-state index contributed by atoms with van der Waals surface area (Å²) in [7, 11) is 0. The van der Waals surface area contributed by atoms with E-state index in [4.69, 9.17) is 0 Å². The van der Waals surface area contributed by atoms with Crippen LogP contribution < -0.4 is 5.32 Å². The monoisotopic (exact) mass is 361 g/mol. The van der Waals surface area contributed by atoms with E-state index in [1.807, 2.05) is 19.9 Å². The lowest BCUT2D eigenvalue weighted by molar-refractivity contribution is -0.116. The Balaban J connectivity index is 1.42. The predicted molar refractivity (Wildman–Crippen MR) is 113 cm³/mol. The maximum Gasteiger partial charge on any atom is 0.244 e. The van der Waals surface area contributed by atoms with Crippen LogP contribution in [0.5, 0.6) is 0 Å². The summed E-state index contributed by atoms with van der Waals surface area (Å²) in [6.45, 7) is 4.54. The topological polar surface area (TPSA) is 29.1 Å². The molecule has 1 amide bonds. The van der Waals surface area contributed by atoms with E-state index in [0.29, 0.717) is 6.54 Å². The molecule has 0 heterocycles. The number of allylic oxidation sites excluding steroid dienone is 3. The van der Waals surface area contributed by atoms with E-state index in [1.54, 1.807) is 11.6 Å². The van der Waals surface area contributed by atoms with E-state index in [2.05, 4.69) is 41.7 Å². The number of hydrogen-bond acceptors (Lipinski definition) is 1. The van der Waals surface area contributed by atoms with Crippen molar-refractivity contribution in [2.45, 2.75) is 46.0 Å². The first kappa shape index (κ1) is 18.3. The number of amides is 1. The Morgan fingerprint density at radius 2 is 1.59 bits per heavy atom. The van der Waals surface area contributed by atoms with Crippen LogP contribution in [0.25, 0.3) is 12.2 Å². The van der Waals surface area contributed by atoms with Crippen molar-refractivity contribution in [3.8, 4) is 0 Å². The zero-order valence-electron chi connectivity index (χ0n) is 16.6. The van der Waals surface area contributed by atoms with Gasteiger partial charge in [-0.25, -0.2) is 0 Å². The van der Waals surface area contributed by atoms with Gasteiger partial charge in [0.15, 0.2) is 0 Å². The van der Waals surface area contributed by atoms with Crippen LogP contribution in [0.3, 0.4) is 0 Å². The lowest BCUT2D eigenvalue weighted by atomic mass is 9.54. The Morgan fingerprint density at radius 1 is 1.00 bits per heavy atom. The molecule has 1 aromatic rings. The van der Waals surface area contributed by atoms with Gasteiger partial charge in [0.25, 0.3) is 0 Å². The summed E-state index contributed by atoms with van der Waals surface area (Å²) in [5.41, 5.74) is 5.21. The molecule has 0 saturated heterocycles. The van der Waals surface area contributed by atoms with E-state index in [0.717, 1.165) is 29.2 Å². The first-order chi connectivity index (χ1) is 13.1. The molecule has 5 rings (SSSR count). The van der Waals surface area contributed by atoms with E-state index in [-0.39, 0.29) is 5.91 Å². The smallest absolute Gasteiger partial charge is 0.244 e. The minimum atomic E-state index is -0.0303. The van der Waals surface area contributed by atoms with Crippen LogP contribution >= 0.6 is 0 Å². The van der Waals surface area contributed by atoms with Gasteiger partial charge < -0.3 is 5.32 Å². The van der Waals surface area contributed by atoms with Gasteiger partial charge in [-0.15, -0.1) is 0 Å². The standard InChI is InChI=1S/C25H31NO/c1-3-26-25(27)10-17(2)4-5-18-6-8-19(9-7-18)16-24-22-12-20-11-21(14-22)15-23(24)13-20/h4-10,16,20-23H,3,11-15H2,1-2H3,(H,26,27). The molecule has 0 atom stereocenters. The summed E-state index contributed by atoms with van der Waals surface area (Å²) in [6.07, 6.45) is 15.5. The maximum absolute atomic E-state index is 11.6. The molecule has 0 aromatic heterocycles. The van der Waals surface area contributed by atoms with Gasteiger partial charge >= 0.3 is 0 Å². The summed E-state index contributed by atoms with van der Waals surface area (Å²) in [6, 6.07) is 8.83. The lowest BCUT2D eigenvalue weighted by Gasteiger charge is -2.51. The molecule has 27 heavy (non-hydrogen) atoms. The molecule has 2 nitrogen and oxygen atoms in total. The van der Waals surface area contributed by atoms with Crippen LogP contribution in [0, 0.1) is 23.7 Å². The maximum atomic E-state index is 11.6. The van der Waals surface area contributed by atoms with Crippen LogP contribution in [0.15, 0.2) is 47.6 Å². The third kappa shape index (κ3) is 4.26. The average molecular weight is 362 g/mol. The highest BCUT2D eigenvalue weighted by molar-refractivity contribution is 5.88. The Kier molecular flexibility index (Phi) is 5.33. The molecule has 1 aromatic carbocycles. The number of rotatable bonds is 5. The lowest BCUT2D eigenvalue weighted by Crippen LogP contribution is -2.40. The average Bonchev–Trinajstić information content (AvgIpc) is 2.63. The van der Waals surface area contributed by atoms with Gasteiger partial charge in [0.2, 0.25) is 5.91 Å². The van der Waals surface area contributed by atoms with Crippen molar-refractivity contribution in [1.82, 2.24) is 5.32 Å². The third-order valence-electron chi connectivity index (χ3n) is 6.60. The van der Waals surface area contributed by atoms with Crippen molar-refractivity contribution in [1.29, 1.82) is 0 Å². The van der Waals surface area contributed by atoms with Gasteiger partial charge in [0, 0.05) is 12.6 Å². The Hall–Kier alpha value is -2.09. The highest BCUT2D eigenvalue weighted by atomic mass is 16.1. The molecule has 4 fully saturated rings. The zero-order chi connectivity index (χ0) is 18.8. The summed E-state index contributed by atoms with van der Waals surface area (Å²) >= 11 is 0. The summed E-state index contributed by atoms with van der Waals surface area (Å²) in [4.78, 5) is 11.6. The van der Waals surface area contributed by atoms with Crippen LogP contribution in [-0.4, -0.2) is 12.5 Å². The first-order valence-corrected chi connectivity index (χ1v) is 10.6. The van der Waals surface area contributed by atoms with Crippen molar-refractivity contribution >= 4 is 18.1 Å². The fourth-order valence-corrected chi connectivity index (χ4v) is 5.57.